The van der Waals surface area contributed by atoms with Crippen molar-refractivity contribution in [2.75, 3.05) is 0 Å². The van der Waals surface area contributed by atoms with Crippen molar-refractivity contribution in [2.45, 2.75) is 32.2 Å². The van der Waals surface area contributed by atoms with Gasteiger partial charge in [-0.05, 0) is 24.0 Å². The van der Waals surface area contributed by atoms with Crippen molar-refractivity contribution in [3.05, 3.63) is 39.4 Å². The van der Waals surface area contributed by atoms with Crippen LogP contribution in [0.15, 0.2) is 18.2 Å². The van der Waals surface area contributed by atoms with E-state index in [4.69, 9.17) is 0 Å². The molecule has 0 saturated heterocycles. The van der Waals surface area contributed by atoms with E-state index in [1.54, 1.807) is 12.1 Å². The van der Waals surface area contributed by atoms with E-state index in [-0.39, 0.29) is 17.6 Å². The van der Waals surface area contributed by atoms with Crippen molar-refractivity contribution in [1.29, 1.82) is 0 Å². The highest BCUT2D eigenvalue weighted by atomic mass is 16.6. The van der Waals surface area contributed by atoms with Gasteiger partial charge in [0.15, 0.2) is 0 Å². The Hall–Kier alpha value is -1.91. The van der Waals surface area contributed by atoms with Gasteiger partial charge in [0.05, 0.1) is 4.92 Å². The van der Waals surface area contributed by atoms with Crippen LogP contribution in [-0.2, 0) is 17.6 Å². The molecule has 0 aliphatic heterocycles. The number of amides is 1. The fourth-order valence-corrected chi connectivity index (χ4v) is 2.15. The maximum absolute atomic E-state index is 11.3. The molecule has 17 heavy (non-hydrogen) atoms. The summed E-state index contributed by atoms with van der Waals surface area (Å²) in [5.41, 5.74) is 2.18. The van der Waals surface area contributed by atoms with Crippen LogP contribution in [0.4, 0.5) is 5.69 Å². The van der Waals surface area contributed by atoms with Gasteiger partial charge in [-0.1, -0.05) is 13.0 Å². The second kappa shape index (κ2) is 4.53. The van der Waals surface area contributed by atoms with Crippen molar-refractivity contribution >= 4 is 11.6 Å². The van der Waals surface area contributed by atoms with Gasteiger partial charge in [0.1, 0.15) is 0 Å². The van der Waals surface area contributed by atoms with Gasteiger partial charge in [0.25, 0.3) is 5.69 Å². The normalized spacial score (nSPS) is 17.6. The average Bonchev–Trinajstić information content (AvgIpc) is 2.69. The smallest absolute Gasteiger partial charge is 0.269 e. The summed E-state index contributed by atoms with van der Waals surface area (Å²) < 4.78 is 0. The fraction of sp³-hybridized carbons (Fsp3) is 0.417. The molecule has 0 heterocycles. The van der Waals surface area contributed by atoms with Gasteiger partial charge in [0, 0.05) is 24.6 Å². The third-order valence-electron chi connectivity index (χ3n) is 3.02. The monoisotopic (exact) mass is 234 g/mol. The van der Waals surface area contributed by atoms with Gasteiger partial charge < -0.3 is 5.32 Å². The quantitative estimate of drug-likeness (QED) is 0.637. The van der Waals surface area contributed by atoms with Crippen LogP contribution in [0.3, 0.4) is 0 Å². The summed E-state index contributed by atoms with van der Waals surface area (Å²) in [4.78, 5) is 21.5. The first-order chi connectivity index (χ1) is 8.10. The fourth-order valence-electron chi connectivity index (χ4n) is 2.15. The lowest BCUT2D eigenvalue weighted by Gasteiger charge is -2.10. The summed E-state index contributed by atoms with van der Waals surface area (Å²) in [6.45, 7) is 1.81. The number of nitrogens with zero attached hydrogens (tertiary/aromatic N) is 1. The molecule has 0 saturated carbocycles. The van der Waals surface area contributed by atoms with Crippen molar-refractivity contribution in [1.82, 2.24) is 5.32 Å². The molecule has 1 aromatic carbocycles. The summed E-state index contributed by atoms with van der Waals surface area (Å²) >= 11 is 0. The lowest BCUT2D eigenvalue weighted by atomic mass is 10.1. The molecular formula is C12H14N2O3. The van der Waals surface area contributed by atoms with Crippen LogP contribution < -0.4 is 5.32 Å². The molecule has 1 aliphatic carbocycles. The van der Waals surface area contributed by atoms with Crippen molar-refractivity contribution in [2.24, 2.45) is 0 Å². The van der Waals surface area contributed by atoms with E-state index in [9.17, 15) is 14.9 Å². The predicted octanol–water partition coefficient (Wildman–Crippen LogP) is 1.59. The molecule has 1 aliphatic rings. The van der Waals surface area contributed by atoms with Gasteiger partial charge in [-0.25, -0.2) is 0 Å². The molecule has 5 heteroatoms. The number of carbonyl (C=O) groups is 1. The number of hydrogen-bond donors (Lipinski definition) is 1. The van der Waals surface area contributed by atoms with E-state index in [0.29, 0.717) is 12.8 Å². The Morgan fingerprint density at radius 1 is 1.47 bits per heavy atom. The zero-order valence-corrected chi connectivity index (χ0v) is 9.60. The summed E-state index contributed by atoms with van der Waals surface area (Å²) in [5, 5.41) is 13.6. The topological polar surface area (TPSA) is 72.2 Å². The Kier molecular flexibility index (Phi) is 3.08. The molecule has 90 valence electrons. The SMILES string of the molecule is CCC(=O)NC1Cc2ccc([N+](=O)[O-])cc2C1. The third kappa shape index (κ3) is 2.43. The van der Waals surface area contributed by atoms with Crippen molar-refractivity contribution < 1.29 is 9.72 Å². The third-order valence-corrected chi connectivity index (χ3v) is 3.02. The van der Waals surface area contributed by atoms with Gasteiger partial charge in [-0.15, -0.1) is 0 Å². The van der Waals surface area contributed by atoms with Gasteiger partial charge in [-0.3, -0.25) is 14.9 Å². The molecule has 1 unspecified atom stereocenters. The number of fused-ring (bicyclic) bond motifs is 1. The molecule has 0 aromatic heterocycles. The van der Waals surface area contributed by atoms with Crippen LogP contribution >= 0.6 is 0 Å². The molecular weight excluding hydrogens is 220 g/mol. The maximum Gasteiger partial charge on any atom is 0.269 e. The number of benzene rings is 1. The number of rotatable bonds is 3. The minimum absolute atomic E-state index is 0.0253. The van der Waals surface area contributed by atoms with Crippen LogP contribution in [0.25, 0.3) is 0 Å². The lowest BCUT2D eigenvalue weighted by molar-refractivity contribution is -0.384. The second-order valence-corrected chi connectivity index (χ2v) is 4.24. The van der Waals surface area contributed by atoms with Crippen LogP contribution in [0.5, 0.6) is 0 Å². The van der Waals surface area contributed by atoms with E-state index >= 15 is 0 Å². The van der Waals surface area contributed by atoms with E-state index < -0.39 is 4.92 Å². The number of non-ortho nitro benzene ring substituents is 1. The minimum atomic E-state index is -0.391. The van der Waals surface area contributed by atoms with Gasteiger partial charge in [-0.2, -0.15) is 0 Å². The molecule has 5 nitrogen and oxygen atoms in total. The first-order valence-electron chi connectivity index (χ1n) is 5.65. The molecule has 1 N–H and O–H groups in total. The highest BCUT2D eigenvalue weighted by Gasteiger charge is 2.24. The molecule has 1 atom stereocenters. The molecule has 2 rings (SSSR count). The standard InChI is InChI=1S/C12H14N2O3/c1-2-12(15)13-10-5-8-3-4-11(14(16)17)7-9(8)6-10/h3-4,7,10H,2,5-6H2,1H3,(H,13,15). The molecule has 1 amide bonds. The number of nitro groups is 1. The zero-order valence-electron chi connectivity index (χ0n) is 9.60. The Morgan fingerprint density at radius 3 is 2.82 bits per heavy atom. The summed E-state index contributed by atoms with van der Waals surface area (Å²) in [5.74, 6) is 0.0253. The van der Waals surface area contributed by atoms with E-state index in [0.717, 1.165) is 17.5 Å². The van der Waals surface area contributed by atoms with Crippen LogP contribution in [0.1, 0.15) is 24.5 Å². The highest BCUT2D eigenvalue weighted by molar-refractivity contribution is 5.76. The lowest BCUT2D eigenvalue weighted by Crippen LogP contribution is -2.34. The summed E-state index contributed by atoms with van der Waals surface area (Å²) in [6.07, 6.45) is 1.91. The zero-order chi connectivity index (χ0) is 12.4. The van der Waals surface area contributed by atoms with Crippen LogP contribution in [0, 0.1) is 10.1 Å². The van der Waals surface area contributed by atoms with E-state index in [2.05, 4.69) is 5.32 Å². The molecule has 0 bridgehead atoms. The number of carbonyl (C=O) groups excluding carboxylic acids is 1. The largest absolute Gasteiger partial charge is 0.353 e. The van der Waals surface area contributed by atoms with Crippen LogP contribution in [0.2, 0.25) is 0 Å². The second-order valence-electron chi connectivity index (χ2n) is 4.24. The number of nitro benzene ring substituents is 1. The molecule has 0 fully saturated rings. The number of hydrogen-bond acceptors (Lipinski definition) is 3. The van der Waals surface area contributed by atoms with Crippen LogP contribution in [-0.4, -0.2) is 16.9 Å². The maximum atomic E-state index is 11.3. The van der Waals surface area contributed by atoms with Gasteiger partial charge >= 0.3 is 0 Å². The molecule has 0 spiro atoms. The Bertz CT molecular complexity index is 471. The molecule has 0 radical (unpaired) electrons. The number of nitrogens with one attached hydrogen (secondary N) is 1. The Labute approximate surface area is 99.0 Å². The molecule has 1 aromatic rings. The van der Waals surface area contributed by atoms with Gasteiger partial charge in [0.2, 0.25) is 5.91 Å². The predicted molar refractivity (Wildman–Crippen MR) is 62.7 cm³/mol. The van der Waals surface area contributed by atoms with Crippen molar-refractivity contribution in [3.63, 3.8) is 0 Å². The first kappa shape index (κ1) is 11.6. The van der Waals surface area contributed by atoms with E-state index in [1.165, 1.54) is 6.07 Å². The minimum Gasteiger partial charge on any atom is -0.353 e. The van der Waals surface area contributed by atoms with Crippen molar-refractivity contribution in [3.8, 4) is 0 Å². The summed E-state index contributed by atoms with van der Waals surface area (Å²) in [7, 11) is 0. The highest BCUT2D eigenvalue weighted by Crippen LogP contribution is 2.26. The van der Waals surface area contributed by atoms with E-state index in [1.807, 2.05) is 6.92 Å². The first-order valence-corrected chi connectivity index (χ1v) is 5.65. The Morgan fingerprint density at radius 2 is 2.18 bits per heavy atom. The average molecular weight is 234 g/mol. The summed E-state index contributed by atoms with van der Waals surface area (Å²) in [6, 6.07) is 4.99. The Balaban J connectivity index is 2.11.